The molecule has 0 bridgehead atoms. The third-order valence-corrected chi connectivity index (χ3v) is 4.03. The van der Waals surface area contributed by atoms with E-state index in [1.807, 2.05) is 18.3 Å². The second kappa shape index (κ2) is 6.18. The summed E-state index contributed by atoms with van der Waals surface area (Å²) in [5.41, 5.74) is 2.93. The van der Waals surface area contributed by atoms with Crippen LogP contribution in [0.3, 0.4) is 0 Å². The van der Waals surface area contributed by atoms with E-state index in [2.05, 4.69) is 56.1 Å². The van der Waals surface area contributed by atoms with Crippen LogP contribution in [-0.2, 0) is 19.6 Å². The van der Waals surface area contributed by atoms with Gasteiger partial charge in [0, 0.05) is 31.4 Å². The number of benzene rings is 1. The maximum Gasteiger partial charge on any atom is 0.278 e. The molecule has 0 saturated heterocycles. The van der Waals surface area contributed by atoms with Crippen molar-refractivity contribution in [1.29, 1.82) is 0 Å². The van der Waals surface area contributed by atoms with E-state index in [1.165, 1.54) is 5.56 Å². The van der Waals surface area contributed by atoms with Crippen molar-refractivity contribution in [1.82, 2.24) is 29.9 Å². The Balaban J connectivity index is 1.57. The van der Waals surface area contributed by atoms with E-state index in [1.54, 1.807) is 0 Å². The molecule has 1 aromatic carbocycles. The van der Waals surface area contributed by atoms with E-state index in [0.717, 1.165) is 43.3 Å². The van der Waals surface area contributed by atoms with Gasteiger partial charge < -0.3 is 19.3 Å². The molecule has 4 rings (SSSR count). The molecule has 124 valence electrons. The number of hydrogen-bond acceptors (Lipinski definition) is 6. The van der Waals surface area contributed by atoms with Gasteiger partial charge in [-0.3, -0.25) is 0 Å². The van der Waals surface area contributed by atoms with Gasteiger partial charge in [0.2, 0.25) is 5.82 Å². The van der Waals surface area contributed by atoms with Crippen LogP contribution in [0.15, 0.2) is 35.0 Å². The van der Waals surface area contributed by atoms with Crippen LogP contribution in [0.25, 0.3) is 23.0 Å². The van der Waals surface area contributed by atoms with Crippen LogP contribution in [0, 0.1) is 0 Å². The third kappa shape index (κ3) is 2.95. The lowest BCUT2D eigenvalue weighted by molar-refractivity contribution is 0.402. The van der Waals surface area contributed by atoms with Crippen molar-refractivity contribution < 1.29 is 4.52 Å². The molecule has 24 heavy (non-hydrogen) atoms. The molecule has 7 heteroatoms. The first kappa shape index (κ1) is 15.0. The normalized spacial score (nSPS) is 14.1. The van der Waals surface area contributed by atoms with Crippen molar-refractivity contribution in [2.45, 2.75) is 19.6 Å². The first-order chi connectivity index (χ1) is 11.7. The quantitative estimate of drug-likeness (QED) is 0.788. The van der Waals surface area contributed by atoms with E-state index < -0.39 is 0 Å². The molecule has 1 N–H and O–H groups in total. The number of imidazole rings is 1. The van der Waals surface area contributed by atoms with Crippen LogP contribution < -0.4 is 5.32 Å². The first-order valence-electron chi connectivity index (χ1n) is 8.04. The highest BCUT2D eigenvalue weighted by molar-refractivity contribution is 5.58. The Morgan fingerprint density at radius 3 is 2.79 bits per heavy atom. The van der Waals surface area contributed by atoms with Gasteiger partial charge in [0.15, 0.2) is 0 Å². The Morgan fingerprint density at radius 2 is 2.04 bits per heavy atom. The number of hydrogen-bond donors (Lipinski definition) is 1. The van der Waals surface area contributed by atoms with Crippen molar-refractivity contribution in [3.05, 3.63) is 41.9 Å². The molecule has 0 saturated carbocycles. The fourth-order valence-corrected chi connectivity index (χ4v) is 2.86. The largest absolute Gasteiger partial charge is 0.332 e. The number of fused-ring (bicyclic) bond motifs is 1. The van der Waals surface area contributed by atoms with Crippen LogP contribution in [0.5, 0.6) is 0 Å². The Morgan fingerprint density at radius 1 is 1.21 bits per heavy atom. The van der Waals surface area contributed by atoms with Crippen molar-refractivity contribution in [3.8, 4) is 23.0 Å². The van der Waals surface area contributed by atoms with Gasteiger partial charge in [-0.05, 0) is 19.7 Å². The van der Waals surface area contributed by atoms with Crippen molar-refractivity contribution >= 4 is 0 Å². The van der Waals surface area contributed by atoms with E-state index >= 15 is 0 Å². The number of nitrogens with one attached hydrogen (secondary N) is 1. The van der Waals surface area contributed by atoms with Gasteiger partial charge in [-0.15, -0.1) is 0 Å². The van der Waals surface area contributed by atoms with Crippen molar-refractivity contribution in [2.75, 3.05) is 20.6 Å². The number of rotatable bonds is 4. The summed E-state index contributed by atoms with van der Waals surface area (Å²) >= 11 is 0. The van der Waals surface area contributed by atoms with Gasteiger partial charge in [0.05, 0.1) is 6.54 Å². The topological polar surface area (TPSA) is 72.0 Å². The Hall–Kier alpha value is -2.51. The average Bonchev–Trinajstić information content (AvgIpc) is 3.21. The van der Waals surface area contributed by atoms with E-state index in [-0.39, 0.29) is 0 Å². The van der Waals surface area contributed by atoms with Crippen LogP contribution >= 0.6 is 0 Å². The van der Waals surface area contributed by atoms with Gasteiger partial charge in [0.25, 0.3) is 5.89 Å². The maximum atomic E-state index is 5.41. The van der Waals surface area contributed by atoms with Gasteiger partial charge in [-0.2, -0.15) is 4.98 Å². The summed E-state index contributed by atoms with van der Waals surface area (Å²) in [4.78, 5) is 11.2. The van der Waals surface area contributed by atoms with Crippen molar-refractivity contribution in [2.24, 2.45) is 0 Å². The van der Waals surface area contributed by atoms with E-state index in [0.29, 0.717) is 11.7 Å². The fraction of sp³-hybridized carbons (Fsp3) is 0.353. The van der Waals surface area contributed by atoms with Crippen LogP contribution in [0.4, 0.5) is 0 Å². The van der Waals surface area contributed by atoms with Gasteiger partial charge in [-0.1, -0.05) is 29.4 Å². The molecule has 0 spiro atoms. The summed E-state index contributed by atoms with van der Waals surface area (Å²) in [6, 6.07) is 8.23. The molecular weight excluding hydrogens is 304 g/mol. The highest BCUT2D eigenvalue weighted by atomic mass is 16.5. The molecule has 0 unspecified atom stereocenters. The minimum atomic E-state index is 0.462. The smallest absolute Gasteiger partial charge is 0.278 e. The summed E-state index contributed by atoms with van der Waals surface area (Å²) in [6.45, 7) is 3.55. The summed E-state index contributed by atoms with van der Waals surface area (Å²) in [6.07, 6.45) is 1.98. The molecule has 1 aliphatic rings. The Labute approximate surface area is 140 Å². The van der Waals surface area contributed by atoms with Gasteiger partial charge in [-0.25, -0.2) is 4.98 Å². The molecule has 7 nitrogen and oxygen atoms in total. The SMILES string of the molecule is CN(C)Cc1ccc(-c2noc(-c3cn4c(n3)CNCC4)n2)cc1. The molecule has 0 amide bonds. The highest BCUT2D eigenvalue weighted by Crippen LogP contribution is 2.23. The lowest BCUT2D eigenvalue weighted by Crippen LogP contribution is -2.27. The molecule has 0 radical (unpaired) electrons. The minimum Gasteiger partial charge on any atom is -0.332 e. The Kier molecular flexibility index (Phi) is 3.87. The second-order valence-electron chi connectivity index (χ2n) is 6.27. The average molecular weight is 324 g/mol. The zero-order valence-electron chi connectivity index (χ0n) is 13.9. The molecular formula is C17H20N6O. The maximum absolute atomic E-state index is 5.41. The van der Waals surface area contributed by atoms with Crippen molar-refractivity contribution in [3.63, 3.8) is 0 Å². The Bertz CT molecular complexity index is 810. The molecule has 1 aliphatic heterocycles. The standard InChI is InChI=1S/C17H20N6O/c1-22(2)10-12-3-5-13(6-4-12)16-20-17(24-21-16)14-11-23-8-7-18-9-15(23)19-14/h3-6,11,18H,7-10H2,1-2H3. The monoisotopic (exact) mass is 324 g/mol. The highest BCUT2D eigenvalue weighted by Gasteiger charge is 2.17. The van der Waals surface area contributed by atoms with E-state index in [4.69, 9.17) is 4.52 Å². The number of aromatic nitrogens is 4. The van der Waals surface area contributed by atoms with E-state index in [9.17, 15) is 0 Å². The molecule has 0 aliphatic carbocycles. The zero-order valence-corrected chi connectivity index (χ0v) is 13.9. The van der Waals surface area contributed by atoms with Gasteiger partial charge >= 0.3 is 0 Å². The lowest BCUT2D eigenvalue weighted by Gasteiger charge is -2.13. The lowest BCUT2D eigenvalue weighted by atomic mass is 10.1. The molecule has 2 aromatic heterocycles. The second-order valence-corrected chi connectivity index (χ2v) is 6.27. The fourth-order valence-electron chi connectivity index (χ4n) is 2.86. The summed E-state index contributed by atoms with van der Waals surface area (Å²) in [7, 11) is 4.11. The molecule has 0 fully saturated rings. The molecule has 0 atom stereocenters. The minimum absolute atomic E-state index is 0.462. The molecule has 3 aromatic rings. The van der Waals surface area contributed by atoms with Crippen LogP contribution in [0.1, 0.15) is 11.4 Å². The summed E-state index contributed by atoms with van der Waals surface area (Å²) in [5, 5.41) is 7.40. The van der Waals surface area contributed by atoms with Crippen LogP contribution in [0.2, 0.25) is 0 Å². The third-order valence-electron chi connectivity index (χ3n) is 4.03. The zero-order chi connectivity index (χ0) is 16.5. The molecule has 3 heterocycles. The van der Waals surface area contributed by atoms with Crippen LogP contribution in [-0.4, -0.2) is 45.2 Å². The summed E-state index contributed by atoms with van der Waals surface area (Å²) < 4.78 is 7.54. The van der Waals surface area contributed by atoms with Gasteiger partial charge in [0.1, 0.15) is 11.5 Å². The predicted molar refractivity (Wildman–Crippen MR) is 90.1 cm³/mol. The predicted octanol–water partition coefficient (Wildman–Crippen LogP) is 1.76. The number of nitrogens with zero attached hydrogens (tertiary/aromatic N) is 5. The first-order valence-corrected chi connectivity index (χ1v) is 8.04. The summed E-state index contributed by atoms with van der Waals surface area (Å²) in [5.74, 6) is 2.05.